The highest BCUT2D eigenvalue weighted by atomic mass is 16.6. The van der Waals surface area contributed by atoms with Gasteiger partial charge in [-0.15, -0.1) is 0 Å². The molecule has 0 aromatic rings. The predicted octanol–water partition coefficient (Wildman–Crippen LogP) is -4.50. The molecule has 16 heavy (non-hydrogen) atoms. The van der Waals surface area contributed by atoms with Crippen LogP contribution in [0.25, 0.3) is 0 Å². The highest BCUT2D eigenvalue weighted by molar-refractivity contribution is 4.93. The summed E-state index contributed by atoms with van der Waals surface area (Å²) in [5.74, 6) is 0. The van der Waals surface area contributed by atoms with Crippen molar-refractivity contribution in [1.29, 1.82) is 0 Å². The highest BCUT2D eigenvalue weighted by Gasteiger charge is 2.47. The van der Waals surface area contributed by atoms with Crippen LogP contribution in [-0.4, -0.2) is 85.3 Å². The third-order valence-corrected chi connectivity index (χ3v) is 2.54. The van der Waals surface area contributed by atoms with Gasteiger partial charge in [0.1, 0.15) is 36.6 Å². The van der Waals surface area contributed by atoms with Gasteiger partial charge in [-0.1, -0.05) is 0 Å². The lowest BCUT2D eigenvalue weighted by molar-refractivity contribution is -0.303. The molecule has 1 rings (SSSR count). The van der Waals surface area contributed by atoms with Crippen LogP contribution in [0.2, 0.25) is 0 Å². The average molecular weight is 240 g/mol. The molecule has 0 aliphatic carbocycles. The summed E-state index contributed by atoms with van der Waals surface area (Å²) in [7, 11) is 0. The fourth-order valence-electron chi connectivity index (χ4n) is 1.50. The van der Waals surface area contributed by atoms with Crippen molar-refractivity contribution in [3.05, 3.63) is 0 Å². The van der Waals surface area contributed by atoms with Crippen molar-refractivity contribution >= 4 is 0 Å². The van der Waals surface area contributed by atoms with Crippen molar-refractivity contribution in [3.8, 4) is 0 Å². The Morgan fingerprint density at radius 1 is 0.938 bits per heavy atom. The van der Waals surface area contributed by atoms with E-state index in [2.05, 4.69) is 4.74 Å². The van der Waals surface area contributed by atoms with Crippen molar-refractivity contribution in [3.63, 3.8) is 0 Å². The zero-order valence-corrected chi connectivity index (χ0v) is 8.29. The van der Waals surface area contributed by atoms with Crippen LogP contribution in [0.1, 0.15) is 0 Å². The van der Waals surface area contributed by atoms with Gasteiger partial charge in [0.2, 0.25) is 0 Å². The van der Waals surface area contributed by atoms with Crippen LogP contribution in [0.5, 0.6) is 0 Å². The number of ether oxygens (including phenoxy) is 1. The summed E-state index contributed by atoms with van der Waals surface area (Å²) in [5.41, 5.74) is 0. The third-order valence-electron chi connectivity index (χ3n) is 2.54. The Hall–Kier alpha value is -0.320. The van der Waals surface area contributed by atoms with E-state index in [1.54, 1.807) is 0 Å². The highest BCUT2D eigenvalue weighted by Crippen LogP contribution is 2.23. The predicted molar refractivity (Wildman–Crippen MR) is 48.0 cm³/mol. The summed E-state index contributed by atoms with van der Waals surface area (Å²) in [6.45, 7) is -0.775. The van der Waals surface area contributed by atoms with E-state index in [0.717, 1.165) is 0 Å². The molecule has 8 heteroatoms. The second kappa shape index (κ2) is 5.34. The van der Waals surface area contributed by atoms with Gasteiger partial charge in [-0.2, -0.15) is 0 Å². The van der Waals surface area contributed by atoms with Crippen LogP contribution in [0.15, 0.2) is 0 Å². The van der Waals surface area contributed by atoms with Gasteiger partial charge in [-0.05, 0) is 0 Å². The maximum atomic E-state index is 9.44. The molecule has 96 valence electrons. The maximum absolute atomic E-state index is 9.44. The fraction of sp³-hybridized carbons (Fsp3) is 1.00. The molecule has 1 heterocycles. The van der Waals surface area contributed by atoms with Gasteiger partial charge in [0.25, 0.3) is 0 Å². The Morgan fingerprint density at radius 2 is 1.50 bits per heavy atom. The molecule has 0 radical (unpaired) electrons. The summed E-state index contributed by atoms with van der Waals surface area (Å²) in [4.78, 5) is 0. The molecule has 0 saturated carbocycles. The summed E-state index contributed by atoms with van der Waals surface area (Å²) in [6.07, 6.45) is -11.7. The summed E-state index contributed by atoms with van der Waals surface area (Å²) in [6, 6.07) is 0. The van der Waals surface area contributed by atoms with Gasteiger partial charge in [0.15, 0.2) is 6.29 Å². The Balaban J connectivity index is 2.73. The van der Waals surface area contributed by atoms with E-state index in [1.165, 1.54) is 0 Å². The van der Waals surface area contributed by atoms with Gasteiger partial charge in [-0.3, -0.25) is 0 Å². The Labute approximate surface area is 91.0 Å². The van der Waals surface area contributed by atoms with Crippen molar-refractivity contribution in [2.24, 2.45) is 0 Å². The average Bonchev–Trinajstić information content (AvgIpc) is 2.29. The lowest BCUT2D eigenvalue weighted by atomic mass is 9.93. The van der Waals surface area contributed by atoms with Gasteiger partial charge in [0, 0.05) is 0 Å². The summed E-state index contributed by atoms with van der Waals surface area (Å²) >= 11 is 0. The first kappa shape index (κ1) is 13.7. The maximum Gasteiger partial charge on any atom is 0.184 e. The molecule has 1 saturated heterocycles. The van der Waals surface area contributed by atoms with E-state index in [-0.39, 0.29) is 0 Å². The Kier molecular flexibility index (Phi) is 4.59. The molecule has 0 bridgehead atoms. The molecule has 1 aliphatic heterocycles. The molecule has 0 aromatic heterocycles. The van der Waals surface area contributed by atoms with Crippen molar-refractivity contribution < 1.29 is 40.5 Å². The molecule has 0 aromatic carbocycles. The number of hydrogen-bond donors (Lipinski definition) is 7. The van der Waals surface area contributed by atoms with E-state index in [1.807, 2.05) is 0 Å². The lowest BCUT2D eigenvalue weighted by Crippen LogP contribution is -2.62. The smallest absolute Gasteiger partial charge is 0.184 e. The SMILES string of the molecule is OC[C@@H](O)[C@@H](O)[C@@H]1O[C@H](O)[C@@H](O)[C@@H](O)[C@@H]1O. The van der Waals surface area contributed by atoms with Crippen molar-refractivity contribution in [2.75, 3.05) is 6.61 Å². The van der Waals surface area contributed by atoms with Gasteiger partial charge in [-0.25, -0.2) is 0 Å². The van der Waals surface area contributed by atoms with Crippen LogP contribution >= 0.6 is 0 Å². The molecule has 7 atom stereocenters. The first-order valence-electron chi connectivity index (χ1n) is 4.75. The van der Waals surface area contributed by atoms with E-state index in [4.69, 9.17) is 20.4 Å². The van der Waals surface area contributed by atoms with Crippen LogP contribution < -0.4 is 0 Å². The molecule has 0 unspecified atom stereocenters. The molecule has 8 nitrogen and oxygen atoms in total. The molecule has 0 spiro atoms. The molecular formula is C8H16O8. The van der Waals surface area contributed by atoms with E-state index in [0.29, 0.717) is 0 Å². The largest absolute Gasteiger partial charge is 0.394 e. The topological polar surface area (TPSA) is 151 Å². The van der Waals surface area contributed by atoms with Crippen LogP contribution in [0, 0.1) is 0 Å². The lowest BCUT2D eigenvalue weighted by Gasteiger charge is -2.40. The number of hydrogen-bond acceptors (Lipinski definition) is 8. The Morgan fingerprint density at radius 3 is 2.00 bits per heavy atom. The third kappa shape index (κ3) is 2.50. The molecule has 1 aliphatic rings. The first-order chi connectivity index (χ1) is 7.40. The second-order valence-electron chi connectivity index (χ2n) is 3.70. The number of aliphatic hydroxyl groups is 7. The van der Waals surface area contributed by atoms with Crippen LogP contribution in [0.3, 0.4) is 0 Å². The molecule has 0 amide bonds. The zero-order valence-electron chi connectivity index (χ0n) is 8.29. The van der Waals surface area contributed by atoms with Gasteiger partial charge < -0.3 is 40.5 Å². The minimum absolute atomic E-state index is 0.775. The van der Waals surface area contributed by atoms with Gasteiger partial charge >= 0.3 is 0 Å². The van der Waals surface area contributed by atoms with E-state index < -0.39 is 49.5 Å². The van der Waals surface area contributed by atoms with E-state index >= 15 is 0 Å². The summed E-state index contributed by atoms with van der Waals surface area (Å²) in [5, 5.41) is 64.1. The fourth-order valence-corrected chi connectivity index (χ4v) is 1.50. The van der Waals surface area contributed by atoms with E-state index in [9.17, 15) is 15.3 Å². The monoisotopic (exact) mass is 240 g/mol. The quantitative estimate of drug-likeness (QED) is 0.261. The number of rotatable bonds is 3. The van der Waals surface area contributed by atoms with Crippen molar-refractivity contribution in [2.45, 2.75) is 42.9 Å². The molecular weight excluding hydrogens is 224 g/mol. The van der Waals surface area contributed by atoms with Crippen LogP contribution in [-0.2, 0) is 4.74 Å². The number of aliphatic hydroxyl groups excluding tert-OH is 7. The van der Waals surface area contributed by atoms with Crippen molar-refractivity contribution in [1.82, 2.24) is 0 Å². The standard InChI is InChI=1S/C8H16O8/c9-1-2(10)3(11)7-5(13)4(12)6(14)8(15)16-7/h2-15H,1H2/t2-,3-,4+,5+,6+,7+,8+/m1/s1. The first-order valence-corrected chi connectivity index (χ1v) is 4.75. The molecule has 7 N–H and O–H groups in total. The zero-order chi connectivity index (χ0) is 12.5. The van der Waals surface area contributed by atoms with Gasteiger partial charge in [0.05, 0.1) is 6.61 Å². The Bertz CT molecular complexity index is 220. The summed E-state index contributed by atoms with van der Waals surface area (Å²) < 4.78 is 4.64. The molecule has 1 fully saturated rings. The minimum Gasteiger partial charge on any atom is -0.394 e. The minimum atomic E-state index is -1.79. The van der Waals surface area contributed by atoms with Crippen LogP contribution in [0.4, 0.5) is 0 Å². The second-order valence-corrected chi connectivity index (χ2v) is 3.70. The normalized spacial score (nSPS) is 44.1.